The van der Waals surface area contributed by atoms with Crippen LogP contribution in [-0.4, -0.2) is 52.1 Å². The van der Waals surface area contributed by atoms with Gasteiger partial charge < -0.3 is 24.3 Å². The highest BCUT2D eigenvalue weighted by Crippen LogP contribution is 2.31. The van der Waals surface area contributed by atoms with Crippen molar-refractivity contribution in [2.24, 2.45) is 0 Å². The molecule has 1 aliphatic rings. The third-order valence-electron chi connectivity index (χ3n) is 6.44. The van der Waals surface area contributed by atoms with Crippen LogP contribution in [0.4, 0.5) is 9.18 Å². The molecule has 2 aromatic carbocycles. The van der Waals surface area contributed by atoms with E-state index < -0.39 is 59.2 Å². The summed E-state index contributed by atoms with van der Waals surface area (Å²) in [6.45, 7) is 4.95. The van der Waals surface area contributed by atoms with E-state index in [0.717, 1.165) is 21.9 Å². The number of nitrogens with zero attached hydrogens (tertiary/aromatic N) is 1. The maximum atomic E-state index is 14.0. The number of carbonyl (C=O) groups is 2. The van der Waals surface area contributed by atoms with Crippen molar-refractivity contribution in [2.75, 3.05) is 6.61 Å². The van der Waals surface area contributed by atoms with Crippen LogP contribution in [0.3, 0.4) is 0 Å². The number of amides is 1. The molecule has 2 N–H and O–H groups in total. The summed E-state index contributed by atoms with van der Waals surface area (Å²) in [7, 11) is 0. The number of esters is 1. The van der Waals surface area contributed by atoms with E-state index >= 15 is 0 Å². The van der Waals surface area contributed by atoms with Crippen LogP contribution in [0, 0.1) is 5.82 Å². The molecule has 1 saturated heterocycles. The summed E-state index contributed by atoms with van der Waals surface area (Å²) in [4.78, 5) is 51.6. The van der Waals surface area contributed by atoms with E-state index in [9.17, 15) is 23.6 Å². The van der Waals surface area contributed by atoms with Gasteiger partial charge in [-0.3, -0.25) is 14.3 Å². The summed E-state index contributed by atoms with van der Waals surface area (Å²) in [6.07, 6.45) is -2.38. The first-order valence-corrected chi connectivity index (χ1v) is 14.0. The van der Waals surface area contributed by atoms with Gasteiger partial charge in [0.25, 0.3) is 5.56 Å². The topological polar surface area (TPSA) is 138 Å². The maximum absolute atomic E-state index is 14.0. The Bertz CT molecular complexity index is 1520. The van der Waals surface area contributed by atoms with Crippen molar-refractivity contribution in [3.05, 3.63) is 104 Å². The maximum Gasteiger partial charge on any atom is 0.408 e. The molecule has 1 aromatic heterocycles. The molecule has 13 heteroatoms. The lowest BCUT2D eigenvalue weighted by atomic mass is 10.1. The molecule has 0 saturated carbocycles. The van der Waals surface area contributed by atoms with Gasteiger partial charge in [0.05, 0.1) is 18.9 Å². The molecule has 43 heavy (non-hydrogen) atoms. The van der Waals surface area contributed by atoms with Crippen LogP contribution in [0.2, 0.25) is 5.02 Å². The Kier molecular flexibility index (Phi) is 10.4. The van der Waals surface area contributed by atoms with Crippen LogP contribution in [-0.2, 0) is 36.8 Å². The van der Waals surface area contributed by atoms with Crippen LogP contribution >= 0.6 is 11.6 Å². The number of aromatic nitrogens is 2. The highest BCUT2D eigenvalue weighted by molar-refractivity contribution is 6.30. The molecule has 0 bridgehead atoms. The van der Waals surface area contributed by atoms with Crippen molar-refractivity contribution in [1.82, 2.24) is 14.9 Å². The first-order valence-electron chi connectivity index (χ1n) is 13.6. The van der Waals surface area contributed by atoms with E-state index in [1.807, 2.05) is 35.3 Å². The van der Waals surface area contributed by atoms with Gasteiger partial charge in [-0.2, -0.15) is 4.39 Å². The van der Waals surface area contributed by atoms with Crippen molar-refractivity contribution >= 4 is 23.7 Å². The Morgan fingerprint density at radius 1 is 1.12 bits per heavy atom. The largest absolute Gasteiger partial charge is 0.461 e. The fourth-order valence-electron chi connectivity index (χ4n) is 4.41. The summed E-state index contributed by atoms with van der Waals surface area (Å²) in [6, 6.07) is 15.0. The number of hydrogen-bond donors (Lipinski definition) is 2. The Hall–Kier alpha value is -4.00. The molecule has 1 amide bonds. The summed E-state index contributed by atoms with van der Waals surface area (Å²) in [5, 5.41) is 3.13. The lowest BCUT2D eigenvalue weighted by molar-refractivity contribution is -0.153. The fourth-order valence-corrected chi connectivity index (χ4v) is 4.54. The van der Waals surface area contributed by atoms with Gasteiger partial charge in [-0.1, -0.05) is 54.1 Å². The standard InChI is InChI=1S/C30H33ClFN3O8/c1-30(2,3)43-29(39)33-22(13-18-7-5-4-6-8-18)27(37)41-17-24-23(40-16-19-9-11-20(31)12-10-19)14-25(42-24)35-15-21(32)26(36)34-28(35)38/h4-12,15,22-25H,13-14,16-17H2,1-3H3,(H,33,39)(H,34,36,38)/t22-,23-,24+,25+/m0/s1. The quantitative estimate of drug-likeness (QED) is 0.327. The van der Waals surface area contributed by atoms with Crippen molar-refractivity contribution in [3.8, 4) is 0 Å². The molecule has 1 fully saturated rings. The fraction of sp³-hybridized carbons (Fsp3) is 0.400. The molecule has 2 heterocycles. The molecule has 4 atom stereocenters. The molecule has 4 rings (SSSR count). The molecule has 0 spiro atoms. The SMILES string of the molecule is CC(C)(C)OC(=O)N[C@@H](Cc1ccccc1)C(=O)OC[C@H]1O[C@@H](n2cc(F)c(=O)[nH]c2=O)C[C@@H]1OCc1ccc(Cl)cc1. The monoisotopic (exact) mass is 617 g/mol. The van der Waals surface area contributed by atoms with E-state index in [4.69, 9.17) is 30.5 Å². The first kappa shape index (κ1) is 31.9. The molecule has 0 unspecified atom stereocenters. The zero-order valence-electron chi connectivity index (χ0n) is 23.9. The van der Waals surface area contributed by atoms with E-state index in [0.29, 0.717) is 5.02 Å². The highest BCUT2D eigenvalue weighted by atomic mass is 35.5. The van der Waals surface area contributed by atoms with E-state index in [-0.39, 0.29) is 26.1 Å². The molecule has 3 aromatic rings. The molecule has 0 aliphatic carbocycles. The zero-order chi connectivity index (χ0) is 31.1. The smallest absolute Gasteiger partial charge is 0.408 e. The van der Waals surface area contributed by atoms with Crippen LogP contribution < -0.4 is 16.6 Å². The molecule has 11 nitrogen and oxygen atoms in total. The number of carbonyl (C=O) groups excluding carboxylic acids is 2. The molecule has 230 valence electrons. The second-order valence-corrected chi connectivity index (χ2v) is 11.4. The number of nitrogens with one attached hydrogen (secondary N) is 2. The third-order valence-corrected chi connectivity index (χ3v) is 6.69. The van der Waals surface area contributed by atoms with E-state index in [1.54, 1.807) is 45.0 Å². The van der Waals surface area contributed by atoms with Gasteiger partial charge in [0, 0.05) is 17.9 Å². The van der Waals surface area contributed by atoms with Crippen LogP contribution in [0.15, 0.2) is 70.4 Å². The molecule has 1 aliphatic heterocycles. The third kappa shape index (κ3) is 9.24. The average Bonchev–Trinajstić information content (AvgIpc) is 3.35. The van der Waals surface area contributed by atoms with Gasteiger partial charge >= 0.3 is 17.8 Å². The van der Waals surface area contributed by atoms with E-state index in [1.165, 1.54) is 0 Å². The Labute approximate surface area is 251 Å². The second-order valence-electron chi connectivity index (χ2n) is 11.0. The average molecular weight is 618 g/mol. The summed E-state index contributed by atoms with van der Waals surface area (Å²) >= 11 is 5.97. The van der Waals surface area contributed by atoms with Gasteiger partial charge in [0.2, 0.25) is 5.82 Å². The predicted molar refractivity (Wildman–Crippen MR) is 154 cm³/mol. The highest BCUT2D eigenvalue weighted by Gasteiger charge is 2.39. The Morgan fingerprint density at radius 3 is 2.49 bits per heavy atom. The lowest BCUT2D eigenvalue weighted by Gasteiger charge is -2.24. The van der Waals surface area contributed by atoms with Crippen molar-refractivity contribution in [3.63, 3.8) is 0 Å². The molecule has 0 radical (unpaired) electrons. The number of benzene rings is 2. The minimum absolute atomic E-state index is 0.0881. The molecular formula is C30H33ClFN3O8. The van der Waals surface area contributed by atoms with Crippen molar-refractivity contribution in [1.29, 1.82) is 0 Å². The number of H-pyrrole nitrogens is 1. The van der Waals surface area contributed by atoms with Gasteiger partial charge in [0.15, 0.2) is 0 Å². The molecular weight excluding hydrogens is 585 g/mol. The van der Waals surface area contributed by atoms with Crippen LogP contribution in [0.5, 0.6) is 0 Å². The van der Waals surface area contributed by atoms with E-state index in [2.05, 4.69) is 5.32 Å². The van der Waals surface area contributed by atoms with Gasteiger partial charge in [-0.05, 0) is 44.0 Å². The zero-order valence-corrected chi connectivity index (χ0v) is 24.6. The number of halogens is 2. The normalized spacial score (nSPS) is 19.0. The first-order chi connectivity index (χ1) is 20.4. The number of alkyl carbamates (subject to hydrolysis) is 1. The summed E-state index contributed by atoms with van der Waals surface area (Å²) in [5.74, 6) is -1.90. The van der Waals surface area contributed by atoms with Crippen molar-refractivity contribution < 1.29 is 32.9 Å². The second kappa shape index (κ2) is 14.0. The van der Waals surface area contributed by atoms with Crippen LogP contribution in [0.25, 0.3) is 0 Å². The number of ether oxygens (including phenoxy) is 4. The number of hydrogen-bond acceptors (Lipinski definition) is 8. The predicted octanol–water partition coefficient (Wildman–Crippen LogP) is 3.88. The van der Waals surface area contributed by atoms with Gasteiger partial charge in [0.1, 0.15) is 30.6 Å². The van der Waals surface area contributed by atoms with Gasteiger partial charge in [-0.25, -0.2) is 14.4 Å². The summed E-state index contributed by atoms with van der Waals surface area (Å²) in [5.41, 5.74) is -1.22. The lowest BCUT2D eigenvalue weighted by Crippen LogP contribution is -2.46. The minimum Gasteiger partial charge on any atom is -0.461 e. The minimum atomic E-state index is -1.16. The van der Waals surface area contributed by atoms with Crippen LogP contribution in [0.1, 0.15) is 44.5 Å². The Balaban J connectivity index is 1.49. The number of rotatable bonds is 10. The summed E-state index contributed by atoms with van der Waals surface area (Å²) < 4.78 is 37.9. The van der Waals surface area contributed by atoms with Crippen molar-refractivity contribution in [2.45, 2.75) is 70.3 Å². The van der Waals surface area contributed by atoms with Gasteiger partial charge in [-0.15, -0.1) is 0 Å². The number of aromatic amines is 1. The Morgan fingerprint density at radius 2 is 1.81 bits per heavy atom.